The van der Waals surface area contributed by atoms with Crippen molar-refractivity contribution in [3.63, 3.8) is 0 Å². The quantitative estimate of drug-likeness (QED) is 0.380. The topological polar surface area (TPSA) is 51.2 Å². The molecule has 0 atom stereocenters. The summed E-state index contributed by atoms with van der Waals surface area (Å²) in [5.41, 5.74) is 1.88. The van der Waals surface area contributed by atoms with Crippen LogP contribution in [0.4, 0.5) is 4.39 Å². The highest BCUT2D eigenvalue weighted by Crippen LogP contribution is 2.27. The van der Waals surface area contributed by atoms with Crippen molar-refractivity contribution in [1.82, 2.24) is 10.3 Å². The Morgan fingerprint density at radius 2 is 2.07 bits per heavy atom. The number of hydrogen-bond acceptors (Lipinski definition) is 5. The van der Waals surface area contributed by atoms with Gasteiger partial charge in [0.25, 0.3) is 0 Å². The van der Waals surface area contributed by atoms with Crippen LogP contribution in [-0.2, 0) is 17.0 Å². The number of thiazole rings is 1. The van der Waals surface area contributed by atoms with Crippen molar-refractivity contribution in [3.05, 3.63) is 76.0 Å². The molecule has 0 radical (unpaired) electrons. The van der Waals surface area contributed by atoms with Gasteiger partial charge in [0, 0.05) is 16.2 Å². The number of nitrogens with one attached hydrogen (secondary N) is 1. The van der Waals surface area contributed by atoms with Crippen LogP contribution in [0, 0.1) is 5.82 Å². The number of carbonyl (C=O) groups excluding carboxylic acids is 1. The maximum Gasteiger partial charge on any atom is 0.226 e. The molecule has 28 heavy (non-hydrogen) atoms. The van der Waals surface area contributed by atoms with Gasteiger partial charge in [-0.05, 0) is 42.0 Å². The first kappa shape index (κ1) is 20.6. The van der Waals surface area contributed by atoms with Gasteiger partial charge >= 0.3 is 0 Å². The van der Waals surface area contributed by atoms with Gasteiger partial charge in [0.15, 0.2) is 0 Å². The van der Waals surface area contributed by atoms with Crippen molar-refractivity contribution in [1.29, 1.82) is 0 Å². The van der Waals surface area contributed by atoms with Crippen LogP contribution in [-0.4, -0.2) is 24.0 Å². The Bertz CT molecular complexity index is 919. The van der Waals surface area contributed by atoms with Crippen LogP contribution in [0.3, 0.4) is 0 Å². The number of ether oxygens (including phenoxy) is 1. The third-order valence-corrected chi connectivity index (χ3v) is 6.01. The molecule has 0 aliphatic heterocycles. The predicted molar refractivity (Wildman–Crippen MR) is 112 cm³/mol. The average Bonchev–Trinajstić information content (AvgIpc) is 3.12. The molecule has 1 N–H and O–H groups in total. The molecule has 0 aliphatic rings. The zero-order valence-corrected chi connectivity index (χ0v) is 17.2. The first-order chi connectivity index (χ1) is 13.6. The molecule has 1 aromatic heterocycles. The first-order valence-electron chi connectivity index (χ1n) is 8.55. The maximum absolute atomic E-state index is 12.8. The second kappa shape index (κ2) is 10.5. The minimum atomic E-state index is -0.311. The normalized spacial score (nSPS) is 10.6. The highest BCUT2D eigenvalue weighted by atomic mass is 35.5. The molecule has 146 valence electrons. The summed E-state index contributed by atoms with van der Waals surface area (Å²) in [5, 5.41) is 5.41. The molecule has 0 fully saturated rings. The molecule has 0 bridgehead atoms. The molecule has 3 aromatic rings. The first-order valence-corrected chi connectivity index (χ1v) is 10.8. The van der Waals surface area contributed by atoms with E-state index in [2.05, 4.69) is 10.3 Å². The fourth-order valence-electron chi connectivity index (χ4n) is 2.32. The van der Waals surface area contributed by atoms with Crippen LogP contribution < -0.4 is 10.1 Å². The van der Waals surface area contributed by atoms with Crippen molar-refractivity contribution in [2.24, 2.45) is 0 Å². The highest BCUT2D eigenvalue weighted by Gasteiger charge is 2.08. The van der Waals surface area contributed by atoms with Crippen LogP contribution in [0.25, 0.3) is 0 Å². The zero-order valence-electron chi connectivity index (χ0n) is 14.9. The van der Waals surface area contributed by atoms with E-state index in [0.29, 0.717) is 18.9 Å². The lowest BCUT2D eigenvalue weighted by Gasteiger charge is -2.07. The SMILES string of the molecule is O=C(Cc1csc(SCc2cccc(Cl)c2)n1)NCCOc1ccc(F)cc1. The van der Waals surface area contributed by atoms with E-state index in [4.69, 9.17) is 16.3 Å². The molecule has 4 nitrogen and oxygen atoms in total. The van der Waals surface area contributed by atoms with Gasteiger partial charge in [0.1, 0.15) is 22.5 Å². The van der Waals surface area contributed by atoms with Gasteiger partial charge < -0.3 is 10.1 Å². The molecule has 3 rings (SSSR count). The lowest BCUT2D eigenvalue weighted by molar-refractivity contribution is -0.120. The summed E-state index contributed by atoms with van der Waals surface area (Å²) >= 11 is 9.14. The Labute approximate surface area is 176 Å². The monoisotopic (exact) mass is 436 g/mol. The van der Waals surface area contributed by atoms with Crippen LogP contribution in [0.1, 0.15) is 11.3 Å². The molecule has 8 heteroatoms. The second-order valence-electron chi connectivity index (χ2n) is 5.85. The van der Waals surface area contributed by atoms with Crippen molar-refractivity contribution >= 4 is 40.6 Å². The van der Waals surface area contributed by atoms with Crippen molar-refractivity contribution in [2.75, 3.05) is 13.2 Å². The summed E-state index contributed by atoms with van der Waals surface area (Å²) in [7, 11) is 0. The van der Waals surface area contributed by atoms with E-state index in [-0.39, 0.29) is 18.1 Å². The zero-order chi connectivity index (χ0) is 19.8. The number of nitrogens with zero attached hydrogens (tertiary/aromatic N) is 1. The Morgan fingerprint density at radius 3 is 2.86 bits per heavy atom. The number of hydrogen-bond donors (Lipinski definition) is 1. The van der Waals surface area contributed by atoms with Crippen LogP contribution in [0.5, 0.6) is 5.75 Å². The number of thioether (sulfide) groups is 1. The summed E-state index contributed by atoms with van der Waals surface area (Å²) in [4.78, 5) is 16.5. The van der Waals surface area contributed by atoms with Crippen molar-refractivity contribution in [2.45, 2.75) is 16.5 Å². The molecule has 0 unspecified atom stereocenters. The Morgan fingerprint density at radius 1 is 1.25 bits per heavy atom. The summed E-state index contributed by atoms with van der Waals surface area (Å²) < 4.78 is 19.2. The van der Waals surface area contributed by atoms with Gasteiger partial charge in [0.05, 0.1) is 18.7 Å². The minimum Gasteiger partial charge on any atom is -0.492 e. The summed E-state index contributed by atoms with van der Waals surface area (Å²) in [6.45, 7) is 0.686. The number of carbonyl (C=O) groups is 1. The third kappa shape index (κ3) is 6.82. The molecule has 0 spiro atoms. The number of benzene rings is 2. The van der Waals surface area contributed by atoms with Gasteiger partial charge in [-0.3, -0.25) is 4.79 Å². The largest absolute Gasteiger partial charge is 0.492 e. The van der Waals surface area contributed by atoms with E-state index in [0.717, 1.165) is 26.4 Å². The lowest BCUT2D eigenvalue weighted by Crippen LogP contribution is -2.29. The summed E-state index contributed by atoms with van der Waals surface area (Å²) in [6.07, 6.45) is 0.227. The number of rotatable bonds is 9. The van der Waals surface area contributed by atoms with E-state index in [1.165, 1.54) is 23.5 Å². The fraction of sp³-hybridized carbons (Fsp3) is 0.200. The van der Waals surface area contributed by atoms with E-state index in [1.807, 2.05) is 29.6 Å². The van der Waals surface area contributed by atoms with Gasteiger partial charge in [0.2, 0.25) is 5.91 Å². The molecular formula is C20H18ClFN2O2S2. The molecular weight excluding hydrogens is 419 g/mol. The highest BCUT2D eigenvalue weighted by molar-refractivity contribution is 8.00. The van der Waals surface area contributed by atoms with E-state index < -0.39 is 0 Å². The molecule has 1 amide bonds. The Hall–Kier alpha value is -2.09. The Balaban J connectivity index is 1.37. The molecule has 2 aromatic carbocycles. The predicted octanol–water partition coefficient (Wildman–Crippen LogP) is 4.97. The van der Waals surface area contributed by atoms with Crippen LogP contribution in [0.15, 0.2) is 58.3 Å². The van der Waals surface area contributed by atoms with E-state index in [1.54, 1.807) is 23.9 Å². The van der Waals surface area contributed by atoms with E-state index >= 15 is 0 Å². The minimum absolute atomic E-state index is 0.112. The second-order valence-corrected chi connectivity index (χ2v) is 8.37. The van der Waals surface area contributed by atoms with Gasteiger partial charge in [-0.1, -0.05) is 35.5 Å². The standard InChI is InChI=1S/C20H18ClFN2O2S2/c21-15-3-1-2-14(10-15)12-27-20-24-17(13-28-20)11-19(25)23-8-9-26-18-6-4-16(22)5-7-18/h1-7,10,13H,8-9,11-12H2,(H,23,25). The maximum atomic E-state index is 12.8. The summed E-state index contributed by atoms with van der Waals surface area (Å²) in [5.74, 6) is 0.922. The Kier molecular flexibility index (Phi) is 7.71. The van der Waals surface area contributed by atoms with Crippen molar-refractivity contribution < 1.29 is 13.9 Å². The molecule has 1 heterocycles. The smallest absolute Gasteiger partial charge is 0.226 e. The number of aromatic nitrogens is 1. The molecule has 0 saturated carbocycles. The van der Waals surface area contributed by atoms with Crippen molar-refractivity contribution in [3.8, 4) is 5.75 Å². The molecule has 0 saturated heterocycles. The number of amides is 1. The van der Waals surface area contributed by atoms with Gasteiger partial charge in [-0.25, -0.2) is 9.37 Å². The van der Waals surface area contributed by atoms with E-state index in [9.17, 15) is 9.18 Å². The van der Waals surface area contributed by atoms with Gasteiger partial charge in [-0.15, -0.1) is 11.3 Å². The fourth-order valence-corrected chi connectivity index (χ4v) is 4.33. The number of halogens is 2. The van der Waals surface area contributed by atoms with Crippen LogP contribution in [0.2, 0.25) is 5.02 Å². The lowest BCUT2D eigenvalue weighted by atomic mass is 10.2. The summed E-state index contributed by atoms with van der Waals surface area (Å²) in [6, 6.07) is 13.5. The average molecular weight is 437 g/mol. The van der Waals surface area contributed by atoms with Gasteiger partial charge in [-0.2, -0.15) is 0 Å². The molecule has 0 aliphatic carbocycles. The third-order valence-electron chi connectivity index (χ3n) is 3.63. The van der Waals surface area contributed by atoms with Crippen LogP contribution >= 0.6 is 34.7 Å².